The van der Waals surface area contributed by atoms with Gasteiger partial charge in [-0.3, -0.25) is 37.3 Å². The van der Waals surface area contributed by atoms with Crippen molar-refractivity contribution in [1.29, 1.82) is 0 Å². The molecule has 0 fully saturated rings. The smallest absolute Gasteiger partial charge is 0.462 e. The van der Waals surface area contributed by atoms with Gasteiger partial charge in [0.15, 0.2) is 12.2 Å². The van der Waals surface area contributed by atoms with Gasteiger partial charge in [0.25, 0.3) is 0 Å². The highest BCUT2D eigenvalue weighted by Gasteiger charge is 2.30. The molecule has 96 heavy (non-hydrogen) atoms. The van der Waals surface area contributed by atoms with E-state index in [1.807, 2.05) is 0 Å². The molecule has 0 aromatic carbocycles. The van der Waals surface area contributed by atoms with E-state index in [1.165, 1.54) is 161 Å². The summed E-state index contributed by atoms with van der Waals surface area (Å²) in [5, 5.41) is 10.6. The first-order valence-corrected chi connectivity index (χ1v) is 42.2. The van der Waals surface area contributed by atoms with E-state index in [-0.39, 0.29) is 25.7 Å². The minimum absolute atomic E-state index is 0.0839. The summed E-state index contributed by atoms with van der Waals surface area (Å²) in [6.07, 6.45) is 56.3. The monoisotopic (exact) mass is 1410 g/mol. The molecule has 19 heteroatoms. The van der Waals surface area contributed by atoms with Crippen LogP contribution in [0.5, 0.6) is 0 Å². The van der Waals surface area contributed by atoms with Crippen molar-refractivity contribution in [2.24, 2.45) is 17.8 Å². The lowest BCUT2D eigenvalue weighted by molar-refractivity contribution is -0.161. The zero-order valence-corrected chi connectivity index (χ0v) is 64.1. The van der Waals surface area contributed by atoms with Crippen LogP contribution in [0.3, 0.4) is 0 Å². The topological polar surface area (TPSA) is 237 Å². The van der Waals surface area contributed by atoms with Crippen LogP contribution >= 0.6 is 15.6 Å². The second-order valence-corrected chi connectivity index (χ2v) is 31.2. The number of carbonyl (C=O) groups excluding carboxylic acids is 4. The molecule has 3 N–H and O–H groups in total. The van der Waals surface area contributed by atoms with Crippen molar-refractivity contribution in [3.63, 3.8) is 0 Å². The van der Waals surface area contributed by atoms with Gasteiger partial charge in [-0.25, -0.2) is 9.13 Å². The number of phosphoric ester groups is 2. The highest BCUT2D eigenvalue weighted by molar-refractivity contribution is 7.47. The molecule has 0 aromatic heterocycles. The van der Waals surface area contributed by atoms with Crippen molar-refractivity contribution < 1.29 is 80.2 Å². The number of carbonyl (C=O) groups is 4. The Hall–Kier alpha value is -2.46. The number of aliphatic hydroxyl groups excluding tert-OH is 1. The number of phosphoric acid groups is 2. The summed E-state index contributed by atoms with van der Waals surface area (Å²) in [5.74, 6) is 0.145. The van der Waals surface area contributed by atoms with E-state index in [4.69, 9.17) is 37.0 Å². The Morgan fingerprint density at radius 1 is 0.344 bits per heavy atom. The van der Waals surface area contributed by atoms with E-state index in [9.17, 15) is 43.2 Å². The van der Waals surface area contributed by atoms with Gasteiger partial charge in [-0.05, 0) is 69.1 Å². The first-order chi connectivity index (χ1) is 46.3. The van der Waals surface area contributed by atoms with Crippen LogP contribution in [0, 0.1) is 17.8 Å². The van der Waals surface area contributed by atoms with Gasteiger partial charge >= 0.3 is 39.5 Å². The summed E-state index contributed by atoms with van der Waals surface area (Å²) in [6, 6.07) is 0. The predicted octanol–water partition coefficient (Wildman–Crippen LogP) is 22.1. The molecule has 6 atom stereocenters. The molecule has 0 aliphatic heterocycles. The van der Waals surface area contributed by atoms with E-state index in [2.05, 4.69) is 72.8 Å². The van der Waals surface area contributed by atoms with Gasteiger partial charge in [-0.15, -0.1) is 0 Å². The van der Waals surface area contributed by atoms with Crippen molar-refractivity contribution in [2.75, 3.05) is 39.6 Å². The van der Waals surface area contributed by atoms with Crippen LogP contribution in [0.4, 0.5) is 0 Å². The second kappa shape index (κ2) is 67.1. The lowest BCUT2D eigenvalue weighted by Gasteiger charge is -2.21. The normalized spacial score (nSPS) is 14.5. The number of hydrogen-bond acceptors (Lipinski definition) is 15. The zero-order chi connectivity index (χ0) is 70.9. The lowest BCUT2D eigenvalue weighted by Crippen LogP contribution is -2.30. The van der Waals surface area contributed by atoms with Crippen molar-refractivity contribution in [3.05, 3.63) is 24.3 Å². The molecule has 566 valence electrons. The fourth-order valence-corrected chi connectivity index (χ4v) is 12.8. The van der Waals surface area contributed by atoms with Gasteiger partial charge in [0.05, 0.1) is 26.4 Å². The average Bonchev–Trinajstić information content (AvgIpc) is 1.12. The molecule has 3 unspecified atom stereocenters. The summed E-state index contributed by atoms with van der Waals surface area (Å²) in [5.41, 5.74) is 0. The fraction of sp³-hybridized carbons (Fsp3) is 0.896. The molecule has 0 radical (unpaired) electrons. The molecule has 0 saturated heterocycles. The molecule has 0 aliphatic rings. The molecule has 0 saturated carbocycles. The Labute approximate surface area is 586 Å². The van der Waals surface area contributed by atoms with E-state index in [0.29, 0.717) is 25.7 Å². The number of rotatable bonds is 73. The minimum atomic E-state index is -4.96. The third-order valence-electron chi connectivity index (χ3n) is 17.6. The Morgan fingerprint density at radius 3 is 0.927 bits per heavy atom. The zero-order valence-electron chi connectivity index (χ0n) is 62.3. The highest BCUT2D eigenvalue weighted by atomic mass is 31.2. The lowest BCUT2D eigenvalue weighted by atomic mass is 10.00. The number of hydrogen-bond donors (Lipinski definition) is 3. The highest BCUT2D eigenvalue weighted by Crippen LogP contribution is 2.45. The van der Waals surface area contributed by atoms with Crippen LogP contribution in [-0.4, -0.2) is 96.7 Å². The predicted molar refractivity (Wildman–Crippen MR) is 390 cm³/mol. The van der Waals surface area contributed by atoms with Crippen LogP contribution < -0.4 is 0 Å². The molecule has 0 aliphatic carbocycles. The largest absolute Gasteiger partial charge is 0.472 e. The Kier molecular flexibility index (Phi) is 65.3. The Bertz CT molecular complexity index is 1970. The van der Waals surface area contributed by atoms with Crippen molar-refractivity contribution in [3.8, 4) is 0 Å². The first kappa shape index (κ1) is 93.5. The van der Waals surface area contributed by atoms with E-state index < -0.39 is 97.5 Å². The summed E-state index contributed by atoms with van der Waals surface area (Å²) in [4.78, 5) is 72.8. The quantitative estimate of drug-likeness (QED) is 0.0169. The van der Waals surface area contributed by atoms with Crippen LogP contribution in [0.25, 0.3) is 0 Å². The van der Waals surface area contributed by atoms with Gasteiger partial charge in [0, 0.05) is 25.7 Å². The standard InChI is InChI=1S/C77H146O17P2/c1-8-10-11-12-13-14-15-16-17-20-27-32-37-46-53-60-77(82)94-73(65-88-75(80)59-52-45-40-39-43-50-57-70(7)9-2)67-92-96(85,86)90-63-71(78)62-89-95(83,84)91-66-72(64-87-74(79)58-51-44-36-31-26-23-22-25-30-35-42-49-56-69(5)6)93-76(81)61-54-47-38-33-28-21-18-19-24-29-34-41-48-55-68(3)4/h14-17,68-73,78H,8-13,18-67H2,1-7H3,(H,83,84)(H,85,86)/b15-14-,17-16-/t70?,71-,72-,73-/m1/s1. The minimum Gasteiger partial charge on any atom is -0.462 e. The number of esters is 4. The molecule has 0 heterocycles. The van der Waals surface area contributed by atoms with Crippen molar-refractivity contribution in [2.45, 2.75) is 388 Å². The Balaban J connectivity index is 5.29. The van der Waals surface area contributed by atoms with Gasteiger partial charge < -0.3 is 33.8 Å². The number of unbranched alkanes of at least 4 members (excludes halogenated alkanes) is 37. The SMILES string of the molecule is CCCCCC/C=C\C=C/CCCCCCCC(=O)O[C@H](COC(=O)CCCCCCCCC(C)CC)COP(=O)(O)OC[C@H](O)COP(=O)(O)OC[C@@H](COC(=O)CCCCCCCCCCCCCCC(C)C)OC(=O)CCCCCCCCCCCCCCCC(C)C. The van der Waals surface area contributed by atoms with Crippen molar-refractivity contribution >= 4 is 39.5 Å². The molecule has 0 bridgehead atoms. The molecule has 17 nitrogen and oxygen atoms in total. The Morgan fingerprint density at radius 2 is 0.615 bits per heavy atom. The number of allylic oxidation sites excluding steroid dienone is 4. The molecular weight excluding hydrogens is 1260 g/mol. The van der Waals surface area contributed by atoms with Crippen LogP contribution in [0.2, 0.25) is 0 Å². The third-order valence-corrected chi connectivity index (χ3v) is 19.5. The van der Waals surface area contributed by atoms with Gasteiger partial charge in [-0.2, -0.15) is 0 Å². The van der Waals surface area contributed by atoms with Gasteiger partial charge in [0.1, 0.15) is 19.3 Å². The maximum absolute atomic E-state index is 13.1. The van der Waals surface area contributed by atoms with Crippen LogP contribution in [-0.2, 0) is 65.4 Å². The molecule has 0 spiro atoms. The van der Waals surface area contributed by atoms with Crippen LogP contribution in [0.15, 0.2) is 24.3 Å². The molecule has 0 rings (SSSR count). The summed E-state index contributed by atoms with van der Waals surface area (Å²) < 4.78 is 68.5. The number of aliphatic hydroxyl groups is 1. The van der Waals surface area contributed by atoms with E-state index >= 15 is 0 Å². The summed E-state index contributed by atoms with van der Waals surface area (Å²) >= 11 is 0. The van der Waals surface area contributed by atoms with Gasteiger partial charge in [0.2, 0.25) is 0 Å². The summed E-state index contributed by atoms with van der Waals surface area (Å²) in [6.45, 7) is 11.8. The second-order valence-electron chi connectivity index (χ2n) is 28.3. The van der Waals surface area contributed by atoms with Crippen molar-refractivity contribution in [1.82, 2.24) is 0 Å². The molecular formula is C77H146O17P2. The van der Waals surface area contributed by atoms with Gasteiger partial charge in [-0.1, -0.05) is 317 Å². The van der Waals surface area contributed by atoms with E-state index in [0.717, 1.165) is 127 Å². The molecule has 0 amide bonds. The maximum Gasteiger partial charge on any atom is 0.472 e. The number of ether oxygens (including phenoxy) is 4. The summed E-state index contributed by atoms with van der Waals surface area (Å²) in [7, 11) is -9.93. The fourth-order valence-electron chi connectivity index (χ4n) is 11.2. The van der Waals surface area contributed by atoms with E-state index in [1.54, 1.807) is 0 Å². The first-order valence-electron chi connectivity index (χ1n) is 39.2. The average molecular weight is 1410 g/mol. The maximum atomic E-state index is 13.1. The van der Waals surface area contributed by atoms with Crippen LogP contribution in [0.1, 0.15) is 370 Å². The molecule has 0 aromatic rings. The third kappa shape index (κ3) is 68.7.